The van der Waals surface area contributed by atoms with E-state index in [0.717, 1.165) is 60.7 Å². The highest BCUT2D eigenvalue weighted by atomic mass is 32.2. The largest absolute Gasteiger partial charge is 0.360 e. The molecule has 4 heterocycles. The van der Waals surface area contributed by atoms with Crippen LogP contribution in [0.1, 0.15) is 12.0 Å². The predicted molar refractivity (Wildman–Crippen MR) is 141 cm³/mol. The van der Waals surface area contributed by atoms with Crippen molar-refractivity contribution in [2.45, 2.75) is 12.8 Å². The maximum Gasteiger partial charge on any atom is 0.166 e. The molecule has 0 saturated carbocycles. The first-order valence-electron chi connectivity index (χ1n) is 12.0. The van der Waals surface area contributed by atoms with E-state index in [2.05, 4.69) is 38.8 Å². The lowest BCUT2D eigenvalue weighted by molar-refractivity contribution is 0.296. The van der Waals surface area contributed by atoms with E-state index in [9.17, 15) is 8.60 Å². The fourth-order valence-electron chi connectivity index (χ4n) is 4.61. The lowest BCUT2D eigenvalue weighted by Gasteiger charge is -2.25. The maximum absolute atomic E-state index is 14.6. The summed E-state index contributed by atoms with van der Waals surface area (Å²) in [5.41, 5.74) is 4.49. The van der Waals surface area contributed by atoms with Gasteiger partial charge in [0.1, 0.15) is 5.65 Å². The van der Waals surface area contributed by atoms with Gasteiger partial charge in [0, 0.05) is 78.5 Å². The Bertz CT molecular complexity index is 1340. The van der Waals surface area contributed by atoms with Crippen LogP contribution in [0.4, 0.5) is 10.2 Å². The molecule has 1 aliphatic rings. The van der Waals surface area contributed by atoms with Crippen LogP contribution in [0.3, 0.4) is 0 Å². The maximum atomic E-state index is 14.6. The molecular formula is C27H30FN5OS. The van der Waals surface area contributed by atoms with Crippen molar-refractivity contribution in [1.29, 1.82) is 0 Å². The SMILES string of the molecule is CN(C)c1ncc(-c2ccc3c(CCCN4CCS(=O)CC4)cn(-c4ccccc4)c3n2)cc1F. The third-order valence-electron chi connectivity index (χ3n) is 6.50. The Morgan fingerprint density at radius 2 is 1.86 bits per heavy atom. The molecule has 5 rings (SSSR count). The molecular weight excluding hydrogens is 461 g/mol. The number of aryl methyl sites for hydroxylation is 1. The Kier molecular flexibility index (Phi) is 6.92. The van der Waals surface area contributed by atoms with E-state index < -0.39 is 10.8 Å². The minimum Gasteiger partial charge on any atom is -0.360 e. The van der Waals surface area contributed by atoms with Crippen LogP contribution in [0, 0.1) is 5.82 Å². The first kappa shape index (κ1) is 23.6. The van der Waals surface area contributed by atoms with Gasteiger partial charge in [0.15, 0.2) is 11.6 Å². The quantitative estimate of drug-likeness (QED) is 0.386. The van der Waals surface area contributed by atoms with Crippen molar-refractivity contribution in [2.75, 3.05) is 50.1 Å². The molecule has 4 aromatic rings. The van der Waals surface area contributed by atoms with Gasteiger partial charge in [0.05, 0.1) is 5.69 Å². The lowest BCUT2D eigenvalue weighted by atomic mass is 10.1. The van der Waals surface area contributed by atoms with Gasteiger partial charge in [-0.05, 0) is 55.3 Å². The number of hydrogen-bond acceptors (Lipinski definition) is 5. The number of fused-ring (bicyclic) bond motifs is 1. The van der Waals surface area contributed by atoms with Crippen LogP contribution >= 0.6 is 0 Å². The van der Waals surface area contributed by atoms with E-state index >= 15 is 0 Å². The molecule has 0 amide bonds. The van der Waals surface area contributed by atoms with E-state index in [1.54, 1.807) is 25.2 Å². The molecule has 182 valence electrons. The highest BCUT2D eigenvalue weighted by Crippen LogP contribution is 2.29. The average Bonchev–Trinajstić information content (AvgIpc) is 3.23. The van der Waals surface area contributed by atoms with Crippen LogP contribution in [0.15, 0.2) is 60.9 Å². The molecule has 1 fully saturated rings. The summed E-state index contributed by atoms with van der Waals surface area (Å²) < 4.78 is 28.4. The summed E-state index contributed by atoms with van der Waals surface area (Å²) in [7, 11) is 2.90. The molecule has 3 aromatic heterocycles. The van der Waals surface area contributed by atoms with Gasteiger partial charge in [0.25, 0.3) is 0 Å². The molecule has 0 bridgehead atoms. The van der Waals surface area contributed by atoms with Crippen LogP contribution in [-0.2, 0) is 17.2 Å². The van der Waals surface area contributed by atoms with Crippen molar-refractivity contribution in [3.05, 3.63) is 72.3 Å². The zero-order chi connectivity index (χ0) is 24.4. The van der Waals surface area contributed by atoms with Crippen LogP contribution in [0.2, 0.25) is 0 Å². The van der Waals surface area contributed by atoms with Crippen molar-refractivity contribution in [3.63, 3.8) is 0 Å². The average molecular weight is 492 g/mol. The predicted octanol–water partition coefficient (Wildman–Crippen LogP) is 4.29. The third kappa shape index (κ3) is 5.13. The smallest absolute Gasteiger partial charge is 0.166 e. The summed E-state index contributed by atoms with van der Waals surface area (Å²) in [4.78, 5) is 13.3. The number of pyridine rings is 2. The van der Waals surface area contributed by atoms with Crippen LogP contribution in [0.5, 0.6) is 0 Å². The molecule has 0 unspecified atom stereocenters. The molecule has 0 aliphatic carbocycles. The first-order chi connectivity index (χ1) is 17.0. The summed E-state index contributed by atoms with van der Waals surface area (Å²) in [6, 6.07) is 15.7. The Labute approximate surface area is 207 Å². The number of halogens is 1. The van der Waals surface area contributed by atoms with Gasteiger partial charge in [-0.15, -0.1) is 0 Å². The van der Waals surface area contributed by atoms with Crippen molar-refractivity contribution in [1.82, 2.24) is 19.4 Å². The number of nitrogens with zero attached hydrogens (tertiary/aromatic N) is 5. The minimum atomic E-state index is -0.646. The topological polar surface area (TPSA) is 54.3 Å². The number of para-hydroxylation sites is 1. The molecule has 0 N–H and O–H groups in total. The van der Waals surface area contributed by atoms with E-state index in [1.165, 1.54) is 11.6 Å². The van der Waals surface area contributed by atoms with Crippen molar-refractivity contribution in [2.24, 2.45) is 0 Å². The normalized spacial score (nSPS) is 15.1. The van der Waals surface area contributed by atoms with Gasteiger partial charge in [-0.2, -0.15) is 0 Å². The second-order valence-electron chi connectivity index (χ2n) is 9.14. The van der Waals surface area contributed by atoms with Crippen LogP contribution in [-0.4, -0.2) is 68.9 Å². The molecule has 6 nitrogen and oxygen atoms in total. The Hall–Kier alpha value is -3.10. The summed E-state index contributed by atoms with van der Waals surface area (Å²) >= 11 is 0. The summed E-state index contributed by atoms with van der Waals surface area (Å²) in [6.07, 6.45) is 5.82. The zero-order valence-electron chi connectivity index (χ0n) is 20.2. The second-order valence-corrected chi connectivity index (χ2v) is 10.8. The summed E-state index contributed by atoms with van der Waals surface area (Å²) in [6.45, 7) is 2.84. The number of hydrogen-bond donors (Lipinski definition) is 0. The summed E-state index contributed by atoms with van der Waals surface area (Å²) in [5.74, 6) is 1.51. The van der Waals surface area contributed by atoms with E-state index in [0.29, 0.717) is 17.1 Å². The number of rotatable bonds is 7. The molecule has 0 spiro atoms. The van der Waals surface area contributed by atoms with Gasteiger partial charge in [0.2, 0.25) is 0 Å². The minimum absolute atomic E-state index is 0.310. The Morgan fingerprint density at radius 3 is 2.57 bits per heavy atom. The molecule has 35 heavy (non-hydrogen) atoms. The zero-order valence-corrected chi connectivity index (χ0v) is 21.0. The van der Waals surface area contributed by atoms with Gasteiger partial charge in [-0.25, -0.2) is 14.4 Å². The van der Waals surface area contributed by atoms with Crippen molar-refractivity contribution in [3.8, 4) is 16.9 Å². The van der Waals surface area contributed by atoms with Gasteiger partial charge >= 0.3 is 0 Å². The monoisotopic (exact) mass is 491 g/mol. The highest BCUT2D eigenvalue weighted by Gasteiger charge is 2.17. The van der Waals surface area contributed by atoms with Gasteiger partial charge < -0.3 is 14.4 Å². The second kappa shape index (κ2) is 10.3. The molecule has 1 aliphatic heterocycles. The third-order valence-corrected chi connectivity index (χ3v) is 7.78. The standard InChI is InChI=1S/C27H30FN5OS/c1-31(2)27-24(28)17-21(18-29-27)25-11-10-23-20(7-6-12-32-13-15-35(34)16-14-32)19-33(26(23)30-25)22-8-4-3-5-9-22/h3-5,8-11,17-19H,6-7,12-16H2,1-2H3. The lowest BCUT2D eigenvalue weighted by Crippen LogP contribution is -2.38. The number of aromatic nitrogens is 3. The molecule has 8 heteroatoms. The first-order valence-corrected chi connectivity index (χ1v) is 13.5. The number of benzene rings is 1. The van der Waals surface area contributed by atoms with Gasteiger partial charge in [-0.1, -0.05) is 18.2 Å². The summed E-state index contributed by atoms with van der Waals surface area (Å²) in [5, 5.41) is 1.11. The molecule has 1 saturated heterocycles. The Morgan fingerprint density at radius 1 is 1.09 bits per heavy atom. The number of anilines is 1. The fraction of sp³-hybridized carbons (Fsp3) is 0.333. The highest BCUT2D eigenvalue weighted by molar-refractivity contribution is 7.85. The van der Waals surface area contributed by atoms with Crippen molar-refractivity contribution >= 4 is 27.7 Å². The molecule has 1 aromatic carbocycles. The van der Waals surface area contributed by atoms with Crippen LogP contribution in [0.25, 0.3) is 28.0 Å². The van der Waals surface area contributed by atoms with E-state index in [4.69, 9.17) is 4.98 Å². The molecule has 0 radical (unpaired) electrons. The molecule has 0 atom stereocenters. The van der Waals surface area contributed by atoms with Crippen LogP contribution < -0.4 is 4.90 Å². The van der Waals surface area contributed by atoms with E-state index in [-0.39, 0.29) is 5.82 Å². The van der Waals surface area contributed by atoms with Crippen molar-refractivity contribution < 1.29 is 8.60 Å². The fourth-order valence-corrected chi connectivity index (χ4v) is 5.73. The Balaban J connectivity index is 1.46. The van der Waals surface area contributed by atoms with Gasteiger partial charge in [-0.3, -0.25) is 4.21 Å². The van der Waals surface area contributed by atoms with E-state index in [1.807, 2.05) is 24.3 Å².